The molecule has 0 spiro atoms. The van der Waals surface area contributed by atoms with Crippen LogP contribution < -0.4 is 5.73 Å². The third-order valence-corrected chi connectivity index (χ3v) is 1.92. The van der Waals surface area contributed by atoms with Crippen molar-refractivity contribution in [2.75, 3.05) is 0 Å². The van der Waals surface area contributed by atoms with Gasteiger partial charge in [0.15, 0.2) is 0 Å². The molecule has 2 N–H and O–H groups in total. The number of rotatable bonds is 0. The van der Waals surface area contributed by atoms with Crippen LogP contribution in [0.5, 0.6) is 0 Å². The summed E-state index contributed by atoms with van der Waals surface area (Å²) in [5.41, 5.74) is 8.26. The molecule has 1 aliphatic rings. The van der Waals surface area contributed by atoms with E-state index in [1.54, 1.807) is 0 Å². The third kappa shape index (κ3) is 2.09. The summed E-state index contributed by atoms with van der Waals surface area (Å²) in [4.78, 5) is 4.23. The molecule has 1 unspecified atom stereocenters. The molecule has 0 aliphatic heterocycles. The quantitative estimate of drug-likeness (QED) is 0.697. The molecule has 0 radical (unpaired) electrons. The first-order valence-corrected chi connectivity index (χ1v) is 3.54. The summed E-state index contributed by atoms with van der Waals surface area (Å²) in [7, 11) is 0. The van der Waals surface area contributed by atoms with E-state index in [2.05, 4.69) is 11.1 Å². The molecule has 1 aliphatic carbocycles. The Morgan fingerprint density at radius 3 is 2.75 bits per heavy atom. The Morgan fingerprint density at radius 1 is 1.33 bits per heavy atom. The minimum absolute atomic E-state index is 0. The maximum absolute atomic E-state index is 5.74. The Labute approximate surface area is 84.4 Å². The van der Waals surface area contributed by atoms with E-state index in [1.807, 2.05) is 12.3 Å². The van der Waals surface area contributed by atoms with E-state index in [1.165, 1.54) is 11.3 Å². The highest BCUT2D eigenvalue weighted by Crippen LogP contribution is 2.17. The standard InChI is InChI=1S/C8H10N2.2ClH/c9-7-4-6-2-1-3-10-8(6)5-7;;/h1-3,7H,4-5,9H2;2*1H. The number of fused-ring (bicyclic) bond motifs is 1. The molecule has 0 saturated carbocycles. The number of nitrogens with zero attached hydrogens (tertiary/aromatic N) is 1. The van der Waals surface area contributed by atoms with E-state index in [-0.39, 0.29) is 24.8 Å². The number of aromatic nitrogens is 1. The van der Waals surface area contributed by atoms with Crippen LogP contribution >= 0.6 is 24.8 Å². The molecule has 0 bridgehead atoms. The van der Waals surface area contributed by atoms with Crippen LogP contribution in [-0.2, 0) is 12.8 Å². The van der Waals surface area contributed by atoms with Crippen molar-refractivity contribution < 1.29 is 0 Å². The molecule has 1 atom stereocenters. The SMILES string of the molecule is Cl.Cl.NC1Cc2cccnc2C1. The van der Waals surface area contributed by atoms with E-state index in [0.29, 0.717) is 6.04 Å². The van der Waals surface area contributed by atoms with E-state index in [9.17, 15) is 0 Å². The fourth-order valence-corrected chi connectivity index (χ4v) is 1.44. The molecule has 1 aromatic rings. The average Bonchev–Trinajstić information content (AvgIpc) is 2.27. The average molecular weight is 207 g/mol. The maximum Gasteiger partial charge on any atom is 0.0451 e. The van der Waals surface area contributed by atoms with Gasteiger partial charge in [-0.3, -0.25) is 4.98 Å². The van der Waals surface area contributed by atoms with Gasteiger partial charge in [-0.15, -0.1) is 24.8 Å². The largest absolute Gasteiger partial charge is 0.327 e. The molecule has 0 fully saturated rings. The van der Waals surface area contributed by atoms with Gasteiger partial charge < -0.3 is 5.73 Å². The van der Waals surface area contributed by atoms with Gasteiger partial charge in [-0.2, -0.15) is 0 Å². The van der Waals surface area contributed by atoms with Crippen LogP contribution in [0.25, 0.3) is 0 Å². The van der Waals surface area contributed by atoms with Crippen molar-refractivity contribution in [2.24, 2.45) is 5.73 Å². The first kappa shape index (κ1) is 11.7. The molecule has 0 aromatic carbocycles. The van der Waals surface area contributed by atoms with E-state index in [0.717, 1.165) is 12.8 Å². The van der Waals surface area contributed by atoms with Gasteiger partial charge in [-0.1, -0.05) is 6.07 Å². The van der Waals surface area contributed by atoms with Crippen LogP contribution in [-0.4, -0.2) is 11.0 Å². The molecule has 0 amide bonds. The zero-order valence-corrected chi connectivity index (χ0v) is 8.20. The van der Waals surface area contributed by atoms with E-state index < -0.39 is 0 Å². The van der Waals surface area contributed by atoms with Gasteiger partial charge in [-0.25, -0.2) is 0 Å². The highest BCUT2D eigenvalue weighted by molar-refractivity contribution is 5.85. The number of hydrogen-bond acceptors (Lipinski definition) is 2. The Bertz CT molecular complexity index is 228. The predicted octanol–water partition coefficient (Wildman–Crippen LogP) is 1.35. The van der Waals surface area contributed by atoms with Crippen molar-refractivity contribution in [3.05, 3.63) is 29.6 Å². The summed E-state index contributed by atoms with van der Waals surface area (Å²) < 4.78 is 0. The van der Waals surface area contributed by atoms with Crippen LogP contribution in [0.2, 0.25) is 0 Å². The van der Waals surface area contributed by atoms with Crippen LogP contribution in [0, 0.1) is 0 Å². The van der Waals surface area contributed by atoms with Gasteiger partial charge in [0, 0.05) is 24.4 Å². The van der Waals surface area contributed by atoms with Crippen LogP contribution in [0.15, 0.2) is 18.3 Å². The smallest absolute Gasteiger partial charge is 0.0451 e. The Balaban J connectivity index is 0.000000605. The summed E-state index contributed by atoms with van der Waals surface area (Å²) >= 11 is 0. The van der Waals surface area contributed by atoms with Gasteiger partial charge in [-0.05, 0) is 18.1 Å². The predicted molar refractivity (Wildman–Crippen MR) is 54.1 cm³/mol. The number of hydrogen-bond donors (Lipinski definition) is 1. The monoisotopic (exact) mass is 206 g/mol. The second-order valence-corrected chi connectivity index (χ2v) is 2.78. The van der Waals surface area contributed by atoms with Gasteiger partial charge in [0.05, 0.1) is 0 Å². The fourth-order valence-electron chi connectivity index (χ4n) is 1.44. The second kappa shape index (κ2) is 4.65. The Kier molecular flexibility index (Phi) is 4.53. The van der Waals surface area contributed by atoms with Gasteiger partial charge in [0.25, 0.3) is 0 Å². The minimum atomic E-state index is 0. The van der Waals surface area contributed by atoms with E-state index in [4.69, 9.17) is 5.73 Å². The van der Waals surface area contributed by atoms with Gasteiger partial charge in [0.1, 0.15) is 0 Å². The van der Waals surface area contributed by atoms with Crippen LogP contribution in [0.3, 0.4) is 0 Å². The van der Waals surface area contributed by atoms with Crippen LogP contribution in [0.4, 0.5) is 0 Å². The summed E-state index contributed by atoms with van der Waals surface area (Å²) in [5, 5.41) is 0. The maximum atomic E-state index is 5.74. The molecule has 68 valence electrons. The highest BCUT2D eigenvalue weighted by atomic mass is 35.5. The fraction of sp³-hybridized carbons (Fsp3) is 0.375. The van der Waals surface area contributed by atoms with Crippen molar-refractivity contribution in [3.63, 3.8) is 0 Å². The third-order valence-electron chi connectivity index (χ3n) is 1.92. The summed E-state index contributed by atoms with van der Waals surface area (Å²) in [6, 6.07) is 4.39. The minimum Gasteiger partial charge on any atom is -0.327 e. The zero-order valence-electron chi connectivity index (χ0n) is 6.56. The molecule has 0 saturated heterocycles. The lowest BCUT2D eigenvalue weighted by Gasteiger charge is -1.94. The molecule has 12 heavy (non-hydrogen) atoms. The van der Waals surface area contributed by atoms with Crippen molar-refractivity contribution in [1.82, 2.24) is 4.98 Å². The topological polar surface area (TPSA) is 38.9 Å². The van der Waals surface area contributed by atoms with Crippen LogP contribution in [0.1, 0.15) is 11.3 Å². The van der Waals surface area contributed by atoms with Crippen molar-refractivity contribution >= 4 is 24.8 Å². The van der Waals surface area contributed by atoms with Crippen molar-refractivity contribution in [1.29, 1.82) is 0 Å². The number of pyridine rings is 1. The molecular formula is C8H12Cl2N2. The zero-order chi connectivity index (χ0) is 6.97. The lowest BCUT2D eigenvalue weighted by Crippen LogP contribution is -2.19. The second-order valence-electron chi connectivity index (χ2n) is 2.78. The van der Waals surface area contributed by atoms with Gasteiger partial charge >= 0.3 is 0 Å². The Morgan fingerprint density at radius 2 is 2.08 bits per heavy atom. The Hall–Kier alpha value is -0.310. The molecular weight excluding hydrogens is 195 g/mol. The molecule has 1 heterocycles. The van der Waals surface area contributed by atoms with Crippen molar-refractivity contribution in [2.45, 2.75) is 18.9 Å². The molecule has 2 rings (SSSR count). The summed E-state index contributed by atoms with van der Waals surface area (Å²) in [6.45, 7) is 0. The highest BCUT2D eigenvalue weighted by Gasteiger charge is 2.17. The van der Waals surface area contributed by atoms with Crippen molar-refractivity contribution in [3.8, 4) is 0 Å². The normalized spacial score (nSPS) is 18.9. The van der Waals surface area contributed by atoms with Gasteiger partial charge in [0.2, 0.25) is 0 Å². The number of nitrogens with two attached hydrogens (primary N) is 1. The molecule has 2 nitrogen and oxygen atoms in total. The first-order valence-electron chi connectivity index (χ1n) is 3.54. The molecule has 4 heteroatoms. The van der Waals surface area contributed by atoms with E-state index >= 15 is 0 Å². The molecule has 1 aromatic heterocycles. The lowest BCUT2D eigenvalue weighted by atomic mass is 10.2. The summed E-state index contributed by atoms with van der Waals surface area (Å²) in [6.07, 6.45) is 3.79. The summed E-state index contributed by atoms with van der Waals surface area (Å²) in [5.74, 6) is 0. The number of halogens is 2. The lowest BCUT2D eigenvalue weighted by molar-refractivity contribution is 0.716. The first-order chi connectivity index (χ1) is 4.86.